The molecule has 0 bridgehead atoms. The summed E-state index contributed by atoms with van der Waals surface area (Å²) in [6.45, 7) is 0. The van der Waals surface area contributed by atoms with Gasteiger partial charge >= 0.3 is 0 Å². The Balaban J connectivity index is 1.95. The van der Waals surface area contributed by atoms with Crippen molar-refractivity contribution < 1.29 is 0 Å². The summed E-state index contributed by atoms with van der Waals surface area (Å²) in [6, 6.07) is 4.16. The second kappa shape index (κ2) is 7.20. The van der Waals surface area contributed by atoms with Gasteiger partial charge in [-0.25, -0.2) is 4.98 Å². The van der Waals surface area contributed by atoms with Crippen molar-refractivity contribution in [1.82, 2.24) is 4.98 Å². The van der Waals surface area contributed by atoms with Crippen LogP contribution < -0.4 is 0 Å². The first-order valence-electron chi connectivity index (χ1n) is 6.59. The zero-order valence-electron chi connectivity index (χ0n) is 10.6. The first-order valence-corrected chi connectivity index (χ1v) is 9.00. The largest absolute Gasteiger partial charge is 0.249 e. The molecular formula is C14H20BrNS2. The van der Waals surface area contributed by atoms with Gasteiger partial charge in [0.25, 0.3) is 0 Å². The number of pyridine rings is 1. The maximum absolute atomic E-state index is 4.62. The smallest absolute Gasteiger partial charge is 0.0960 e. The Morgan fingerprint density at radius 2 is 1.94 bits per heavy atom. The van der Waals surface area contributed by atoms with Gasteiger partial charge in [0.15, 0.2) is 0 Å². The Bertz CT molecular complexity index is 359. The van der Waals surface area contributed by atoms with Crippen LogP contribution >= 0.6 is 40.3 Å². The Morgan fingerprint density at radius 1 is 1.22 bits per heavy atom. The van der Waals surface area contributed by atoms with Crippen LogP contribution in [0.2, 0.25) is 0 Å². The summed E-state index contributed by atoms with van der Waals surface area (Å²) in [7, 11) is 0. The molecule has 1 aromatic rings. The van der Waals surface area contributed by atoms with Gasteiger partial charge in [0.05, 0.1) is 5.03 Å². The number of rotatable bonds is 4. The SMILES string of the molecule is SCC1(CSc2ccc(Br)cn2)CCCCCC1. The quantitative estimate of drug-likeness (QED) is 0.457. The minimum atomic E-state index is 0.430. The molecular weight excluding hydrogens is 326 g/mol. The lowest BCUT2D eigenvalue weighted by atomic mass is 9.84. The zero-order valence-corrected chi connectivity index (χ0v) is 13.9. The first kappa shape index (κ1) is 14.7. The molecule has 1 aliphatic rings. The number of thiol groups is 1. The van der Waals surface area contributed by atoms with E-state index >= 15 is 0 Å². The van der Waals surface area contributed by atoms with Gasteiger partial charge in [-0.2, -0.15) is 12.6 Å². The Hall–Kier alpha value is 0.330. The lowest BCUT2D eigenvalue weighted by molar-refractivity contribution is 0.332. The normalized spacial score (nSPS) is 19.4. The molecule has 18 heavy (non-hydrogen) atoms. The third-order valence-corrected chi connectivity index (χ3v) is 6.16. The van der Waals surface area contributed by atoms with Crippen LogP contribution in [0, 0.1) is 5.41 Å². The van der Waals surface area contributed by atoms with Gasteiger partial charge in [-0.3, -0.25) is 0 Å². The maximum atomic E-state index is 4.62. The highest BCUT2D eigenvalue weighted by atomic mass is 79.9. The number of aromatic nitrogens is 1. The fourth-order valence-corrected chi connectivity index (χ4v) is 4.45. The van der Waals surface area contributed by atoms with Crippen LogP contribution in [0.25, 0.3) is 0 Å². The van der Waals surface area contributed by atoms with E-state index in [9.17, 15) is 0 Å². The molecule has 100 valence electrons. The van der Waals surface area contributed by atoms with Crippen LogP contribution in [-0.4, -0.2) is 16.5 Å². The van der Waals surface area contributed by atoms with Crippen molar-refractivity contribution in [1.29, 1.82) is 0 Å². The van der Waals surface area contributed by atoms with E-state index in [1.807, 2.05) is 18.0 Å². The second-order valence-corrected chi connectivity index (χ2v) is 7.40. The van der Waals surface area contributed by atoms with Crippen molar-refractivity contribution in [2.45, 2.75) is 43.6 Å². The monoisotopic (exact) mass is 345 g/mol. The molecule has 0 amide bonds. The summed E-state index contributed by atoms with van der Waals surface area (Å²) in [4.78, 5) is 4.44. The molecule has 0 aromatic carbocycles. The van der Waals surface area contributed by atoms with E-state index in [-0.39, 0.29) is 0 Å². The number of thioether (sulfide) groups is 1. The van der Waals surface area contributed by atoms with Crippen molar-refractivity contribution in [2.24, 2.45) is 5.41 Å². The summed E-state index contributed by atoms with van der Waals surface area (Å²) < 4.78 is 1.05. The predicted molar refractivity (Wildman–Crippen MR) is 86.6 cm³/mol. The topological polar surface area (TPSA) is 12.9 Å². The summed E-state index contributed by atoms with van der Waals surface area (Å²) in [5.74, 6) is 2.17. The fraction of sp³-hybridized carbons (Fsp3) is 0.643. The van der Waals surface area contributed by atoms with Crippen molar-refractivity contribution in [2.75, 3.05) is 11.5 Å². The maximum Gasteiger partial charge on any atom is 0.0960 e. The Morgan fingerprint density at radius 3 is 2.50 bits per heavy atom. The second-order valence-electron chi connectivity index (χ2n) is 5.18. The van der Waals surface area contributed by atoms with Crippen LogP contribution in [-0.2, 0) is 0 Å². The van der Waals surface area contributed by atoms with Gasteiger partial charge in [0.1, 0.15) is 0 Å². The number of nitrogens with zero attached hydrogens (tertiary/aromatic N) is 1. The molecule has 1 nitrogen and oxygen atoms in total. The van der Waals surface area contributed by atoms with Crippen LogP contribution in [0.1, 0.15) is 38.5 Å². The van der Waals surface area contributed by atoms with Gasteiger partial charge < -0.3 is 0 Å². The molecule has 2 rings (SSSR count). The third kappa shape index (κ3) is 4.17. The molecule has 4 heteroatoms. The van der Waals surface area contributed by atoms with Crippen LogP contribution in [0.5, 0.6) is 0 Å². The van der Waals surface area contributed by atoms with E-state index in [4.69, 9.17) is 0 Å². The van der Waals surface area contributed by atoms with E-state index in [1.54, 1.807) is 0 Å². The van der Waals surface area contributed by atoms with Crippen molar-refractivity contribution in [3.63, 3.8) is 0 Å². The van der Waals surface area contributed by atoms with Gasteiger partial charge in [-0.05, 0) is 52.1 Å². The third-order valence-electron chi connectivity index (χ3n) is 3.73. The summed E-state index contributed by atoms with van der Waals surface area (Å²) in [5.41, 5.74) is 0.430. The van der Waals surface area contributed by atoms with Gasteiger partial charge in [0.2, 0.25) is 0 Å². The summed E-state index contributed by atoms with van der Waals surface area (Å²) in [5, 5.41) is 1.13. The average Bonchev–Trinajstić information content (AvgIpc) is 2.64. The number of hydrogen-bond donors (Lipinski definition) is 1. The number of hydrogen-bond acceptors (Lipinski definition) is 3. The van der Waals surface area contributed by atoms with E-state index in [0.29, 0.717) is 5.41 Å². The van der Waals surface area contributed by atoms with E-state index < -0.39 is 0 Å². The molecule has 1 heterocycles. The fourth-order valence-electron chi connectivity index (χ4n) is 2.50. The molecule has 1 saturated carbocycles. The predicted octanol–water partition coefficient (Wildman–Crippen LogP) is 5.21. The summed E-state index contributed by atoms with van der Waals surface area (Å²) >= 11 is 9.93. The van der Waals surface area contributed by atoms with Gasteiger partial charge in [0, 0.05) is 16.4 Å². The minimum absolute atomic E-state index is 0.430. The van der Waals surface area contributed by atoms with Crippen LogP contribution in [0.4, 0.5) is 0 Å². The Labute approximate surface area is 128 Å². The van der Waals surface area contributed by atoms with Crippen molar-refractivity contribution >= 4 is 40.3 Å². The molecule has 0 saturated heterocycles. The van der Waals surface area contributed by atoms with Gasteiger partial charge in [-0.1, -0.05) is 25.7 Å². The lowest BCUT2D eigenvalue weighted by Crippen LogP contribution is -2.25. The molecule has 0 unspecified atom stereocenters. The first-order chi connectivity index (χ1) is 8.74. The summed E-state index contributed by atoms with van der Waals surface area (Å²) in [6.07, 6.45) is 10.1. The standard InChI is InChI=1S/C14H20BrNS2/c15-12-5-6-13(16-9-12)18-11-14(10-17)7-3-1-2-4-8-14/h5-6,9,17H,1-4,7-8,10-11H2. The minimum Gasteiger partial charge on any atom is -0.249 e. The highest BCUT2D eigenvalue weighted by Crippen LogP contribution is 2.40. The molecule has 0 N–H and O–H groups in total. The highest BCUT2D eigenvalue weighted by Gasteiger charge is 2.29. The molecule has 1 aromatic heterocycles. The molecule has 0 spiro atoms. The molecule has 1 aliphatic carbocycles. The molecule has 0 radical (unpaired) electrons. The van der Waals surface area contributed by atoms with Crippen LogP contribution in [0.15, 0.2) is 27.8 Å². The Kier molecular flexibility index (Phi) is 5.90. The van der Waals surface area contributed by atoms with E-state index in [2.05, 4.69) is 45.7 Å². The molecule has 0 atom stereocenters. The van der Waals surface area contributed by atoms with Crippen LogP contribution in [0.3, 0.4) is 0 Å². The molecule has 1 fully saturated rings. The van der Waals surface area contributed by atoms with E-state index in [1.165, 1.54) is 38.5 Å². The van der Waals surface area contributed by atoms with Crippen molar-refractivity contribution in [3.8, 4) is 0 Å². The lowest BCUT2D eigenvalue weighted by Gasteiger charge is -2.30. The average molecular weight is 346 g/mol. The zero-order chi connectivity index (χ0) is 12.8. The van der Waals surface area contributed by atoms with Gasteiger partial charge in [-0.15, -0.1) is 11.8 Å². The molecule has 0 aliphatic heterocycles. The van der Waals surface area contributed by atoms with E-state index in [0.717, 1.165) is 21.0 Å². The number of halogens is 1. The highest BCUT2D eigenvalue weighted by molar-refractivity contribution is 9.10. The van der Waals surface area contributed by atoms with Crippen molar-refractivity contribution in [3.05, 3.63) is 22.8 Å².